The smallest absolute Gasteiger partial charge is 0.0853 e. The van der Waals surface area contributed by atoms with Gasteiger partial charge in [0.15, 0.2) is 0 Å². The molecule has 0 aliphatic heterocycles. The van der Waals surface area contributed by atoms with Gasteiger partial charge in [-0.3, -0.25) is 0 Å². The molecule has 21 heavy (non-hydrogen) atoms. The number of rotatable bonds is 16. The molecule has 1 N–H and O–H groups in total. The first-order chi connectivity index (χ1) is 10.2. The summed E-state index contributed by atoms with van der Waals surface area (Å²) in [5.41, 5.74) is 0.630. The fourth-order valence-corrected chi connectivity index (χ4v) is 3.75. The van der Waals surface area contributed by atoms with Crippen molar-refractivity contribution in [1.29, 1.82) is 0 Å². The normalized spacial score (nSPS) is 12.0. The molecule has 0 atom stereocenters. The molecule has 0 bridgehead atoms. The maximum Gasteiger partial charge on any atom is 0.0853 e. The molecule has 3 heteroatoms. The maximum atomic E-state index is 8.02. The number of hydrogen-bond donors (Lipinski definition) is 1. The summed E-state index contributed by atoms with van der Waals surface area (Å²) in [6, 6.07) is 0. The van der Waals surface area contributed by atoms with Crippen molar-refractivity contribution in [1.82, 2.24) is 0 Å². The van der Waals surface area contributed by atoms with Crippen LogP contribution in [0.3, 0.4) is 0 Å². The Morgan fingerprint density at radius 3 is 1.62 bits per heavy atom. The van der Waals surface area contributed by atoms with Crippen LogP contribution in [0.1, 0.15) is 104 Å². The summed E-state index contributed by atoms with van der Waals surface area (Å²) < 4.78 is 0. The summed E-state index contributed by atoms with van der Waals surface area (Å²) in [6.07, 6.45) is 17.1. The van der Waals surface area contributed by atoms with Gasteiger partial charge in [0.2, 0.25) is 0 Å². The van der Waals surface area contributed by atoms with Gasteiger partial charge < -0.3 is 0 Å². The van der Waals surface area contributed by atoms with Gasteiger partial charge >= 0.3 is 0 Å². The molecule has 0 radical (unpaired) electrons. The molecule has 0 fully saturated rings. The van der Waals surface area contributed by atoms with E-state index in [0.29, 0.717) is 12.0 Å². The van der Waals surface area contributed by atoms with Gasteiger partial charge in [-0.15, -0.1) is 0 Å². The lowest BCUT2D eigenvalue weighted by Crippen LogP contribution is -2.20. The molecule has 128 valence electrons. The van der Waals surface area contributed by atoms with E-state index >= 15 is 0 Å². The Labute approximate surface area is 132 Å². The molecule has 0 aliphatic carbocycles. The van der Waals surface area contributed by atoms with Crippen molar-refractivity contribution in [3.63, 3.8) is 0 Å². The van der Waals surface area contributed by atoms with E-state index in [-0.39, 0.29) is 0 Å². The lowest BCUT2D eigenvalue weighted by atomic mass is 9.72. The van der Waals surface area contributed by atoms with Gasteiger partial charge in [-0.1, -0.05) is 77.2 Å². The highest BCUT2D eigenvalue weighted by Gasteiger charge is 2.26. The van der Waals surface area contributed by atoms with Gasteiger partial charge in [-0.25, -0.2) is 10.1 Å². The molecule has 0 saturated carbocycles. The molecule has 0 saturated heterocycles. The largest absolute Gasteiger partial charge is 0.221 e. The highest BCUT2D eigenvalue weighted by molar-refractivity contribution is 4.78. The van der Waals surface area contributed by atoms with Crippen LogP contribution in [-0.4, -0.2) is 11.9 Å². The molecular formula is C18H38O3. The standard InChI is InChI=1S/C18H38O3/c1-4-13-18(14-5-2,15-6-3)16-11-9-7-8-10-12-17-20-21-19/h19H,4-17H2,1-3H3. The van der Waals surface area contributed by atoms with Crippen LogP contribution in [0.25, 0.3) is 0 Å². The molecule has 0 aromatic heterocycles. The molecule has 0 aromatic carbocycles. The van der Waals surface area contributed by atoms with Crippen molar-refractivity contribution in [2.75, 3.05) is 6.61 Å². The average molecular weight is 302 g/mol. The first-order valence-corrected chi connectivity index (χ1v) is 9.17. The van der Waals surface area contributed by atoms with Gasteiger partial charge in [-0.05, 0) is 37.5 Å². The summed E-state index contributed by atoms with van der Waals surface area (Å²) in [5, 5.41) is 11.6. The summed E-state index contributed by atoms with van der Waals surface area (Å²) in [4.78, 5) is 4.44. The van der Waals surface area contributed by atoms with Crippen molar-refractivity contribution >= 4 is 0 Å². The first kappa shape index (κ1) is 20.9. The van der Waals surface area contributed by atoms with Gasteiger partial charge in [0.1, 0.15) is 0 Å². The van der Waals surface area contributed by atoms with Crippen LogP contribution in [0.2, 0.25) is 0 Å². The highest BCUT2D eigenvalue weighted by Crippen LogP contribution is 2.40. The zero-order chi connectivity index (χ0) is 15.8. The zero-order valence-electron chi connectivity index (χ0n) is 14.7. The van der Waals surface area contributed by atoms with E-state index in [2.05, 4.69) is 30.7 Å². The Bertz CT molecular complexity index is 190. The SMILES string of the molecule is CCCC(CCC)(CCC)CCCCCCCCOOO. The summed E-state index contributed by atoms with van der Waals surface area (Å²) >= 11 is 0. The third-order valence-electron chi connectivity index (χ3n) is 4.58. The molecule has 0 unspecified atom stereocenters. The molecule has 0 amide bonds. The van der Waals surface area contributed by atoms with Gasteiger partial charge in [0.25, 0.3) is 0 Å². The minimum absolute atomic E-state index is 0.489. The quantitative estimate of drug-likeness (QED) is 0.200. The van der Waals surface area contributed by atoms with Crippen LogP contribution in [0, 0.1) is 5.41 Å². The maximum absolute atomic E-state index is 8.02. The lowest BCUT2D eigenvalue weighted by molar-refractivity contribution is -0.490. The minimum atomic E-state index is 0.489. The van der Waals surface area contributed by atoms with Crippen molar-refractivity contribution in [3.05, 3.63) is 0 Å². The summed E-state index contributed by atoms with van der Waals surface area (Å²) in [5.74, 6) is 0. The van der Waals surface area contributed by atoms with E-state index in [0.717, 1.165) is 12.8 Å². The van der Waals surface area contributed by atoms with Crippen molar-refractivity contribution in [2.24, 2.45) is 5.41 Å². The molecule has 0 spiro atoms. The van der Waals surface area contributed by atoms with Gasteiger partial charge in [-0.2, -0.15) is 0 Å². The first-order valence-electron chi connectivity index (χ1n) is 9.17. The Kier molecular flexibility index (Phi) is 14.7. The van der Waals surface area contributed by atoms with Crippen LogP contribution in [0.5, 0.6) is 0 Å². The Morgan fingerprint density at radius 2 is 1.14 bits per heavy atom. The third kappa shape index (κ3) is 11.1. The topological polar surface area (TPSA) is 38.7 Å². The van der Waals surface area contributed by atoms with Crippen LogP contribution in [0.4, 0.5) is 0 Å². The summed E-state index contributed by atoms with van der Waals surface area (Å²) in [7, 11) is 0. The van der Waals surface area contributed by atoms with Gasteiger partial charge in [0, 0.05) is 0 Å². The molecule has 0 rings (SSSR count). The van der Waals surface area contributed by atoms with Crippen molar-refractivity contribution < 1.29 is 15.2 Å². The van der Waals surface area contributed by atoms with E-state index in [1.54, 1.807) is 0 Å². The van der Waals surface area contributed by atoms with Crippen LogP contribution in [0.15, 0.2) is 0 Å². The Balaban J connectivity index is 3.76. The third-order valence-corrected chi connectivity index (χ3v) is 4.58. The number of unbranched alkanes of at least 4 members (excludes halogenated alkanes) is 5. The second-order valence-electron chi connectivity index (χ2n) is 6.52. The molecule has 3 nitrogen and oxygen atoms in total. The molecule has 0 aromatic rings. The summed E-state index contributed by atoms with van der Waals surface area (Å²) in [6.45, 7) is 7.48. The Hall–Kier alpha value is -0.120. The predicted molar refractivity (Wildman–Crippen MR) is 89.1 cm³/mol. The molecule has 0 heterocycles. The average Bonchev–Trinajstić information content (AvgIpc) is 2.46. The lowest BCUT2D eigenvalue weighted by Gasteiger charge is -2.34. The number of hydrogen-bond acceptors (Lipinski definition) is 3. The van der Waals surface area contributed by atoms with Gasteiger partial charge in [0.05, 0.1) is 6.61 Å². The predicted octanol–water partition coefficient (Wildman–Crippen LogP) is 6.53. The fraction of sp³-hybridized carbons (Fsp3) is 1.00. The van der Waals surface area contributed by atoms with Crippen molar-refractivity contribution in [2.45, 2.75) is 104 Å². The highest BCUT2D eigenvalue weighted by atomic mass is 17.5. The van der Waals surface area contributed by atoms with E-state index < -0.39 is 0 Å². The zero-order valence-corrected chi connectivity index (χ0v) is 14.7. The molecular weight excluding hydrogens is 264 g/mol. The van der Waals surface area contributed by atoms with E-state index in [9.17, 15) is 0 Å². The van der Waals surface area contributed by atoms with Crippen molar-refractivity contribution in [3.8, 4) is 0 Å². The second-order valence-corrected chi connectivity index (χ2v) is 6.52. The van der Waals surface area contributed by atoms with E-state index in [1.807, 2.05) is 0 Å². The van der Waals surface area contributed by atoms with E-state index in [1.165, 1.54) is 70.6 Å². The molecule has 0 aliphatic rings. The van der Waals surface area contributed by atoms with Crippen LogP contribution in [-0.2, 0) is 9.93 Å². The van der Waals surface area contributed by atoms with Crippen LogP contribution >= 0.6 is 0 Å². The Morgan fingerprint density at radius 1 is 0.667 bits per heavy atom. The monoisotopic (exact) mass is 302 g/mol. The fourth-order valence-electron chi connectivity index (χ4n) is 3.75. The van der Waals surface area contributed by atoms with Crippen LogP contribution < -0.4 is 0 Å². The van der Waals surface area contributed by atoms with E-state index in [4.69, 9.17) is 5.26 Å². The second kappa shape index (κ2) is 14.8. The minimum Gasteiger partial charge on any atom is -0.221 e.